The quantitative estimate of drug-likeness (QED) is 0.534. The number of hydrazone groups is 1. The van der Waals surface area contributed by atoms with Crippen molar-refractivity contribution in [3.8, 4) is 11.3 Å². The van der Waals surface area contributed by atoms with Gasteiger partial charge in [0.15, 0.2) is 5.82 Å². The number of nitrogens with one attached hydrogen (secondary N) is 1. The summed E-state index contributed by atoms with van der Waals surface area (Å²) in [4.78, 5) is 11.4. The molecule has 124 valence electrons. The van der Waals surface area contributed by atoms with Crippen LogP contribution in [0.3, 0.4) is 0 Å². The molecule has 0 spiro atoms. The molecular weight excluding hydrogens is 316 g/mol. The number of aromatic nitrogens is 2. The summed E-state index contributed by atoms with van der Waals surface area (Å²) in [6, 6.07) is 22.5. The Morgan fingerprint density at radius 2 is 1.60 bits per heavy atom. The molecule has 0 aliphatic rings. The van der Waals surface area contributed by atoms with Gasteiger partial charge in [0.1, 0.15) is 5.71 Å². The Kier molecular flexibility index (Phi) is 5.11. The first kappa shape index (κ1) is 16.3. The number of carboxylic acids is 1. The Bertz CT molecular complexity index is 863. The molecule has 1 heterocycles. The van der Waals surface area contributed by atoms with Crippen LogP contribution >= 0.6 is 0 Å². The van der Waals surface area contributed by atoms with E-state index in [1.54, 1.807) is 12.1 Å². The zero-order valence-corrected chi connectivity index (χ0v) is 13.3. The van der Waals surface area contributed by atoms with Crippen LogP contribution in [0.15, 0.2) is 77.9 Å². The molecule has 6 nitrogen and oxygen atoms in total. The van der Waals surface area contributed by atoms with E-state index in [-0.39, 0.29) is 12.1 Å². The molecule has 0 fully saturated rings. The molecule has 6 heteroatoms. The maximum atomic E-state index is 11.4. The molecule has 1 aromatic heterocycles. The number of benzene rings is 2. The fraction of sp³-hybridized carbons (Fsp3) is 0.0526. The highest BCUT2D eigenvalue weighted by Gasteiger charge is 2.11. The highest BCUT2D eigenvalue weighted by molar-refractivity contribution is 6.36. The van der Waals surface area contributed by atoms with Crippen molar-refractivity contribution < 1.29 is 9.90 Å². The second-order valence-corrected chi connectivity index (χ2v) is 5.31. The molecule has 0 saturated carbocycles. The van der Waals surface area contributed by atoms with Gasteiger partial charge in [-0.2, -0.15) is 5.10 Å². The zero-order chi connectivity index (χ0) is 17.5. The molecule has 0 aliphatic carbocycles. The molecule has 0 unspecified atom stereocenters. The van der Waals surface area contributed by atoms with E-state index >= 15 is 0 Å². The van der Waals surface area contributed by atoms with Crippen LogP contribution in [0.2, 0.25) is 0 Å². The van der Waals surface area contributed by atoms with E-state index in [2.05, 4.69) is 20.7 Å². The van der Waals surface area contributed by atoms with Crippen LogP contribution in [0.25, 0.3) is 11.3 Å². The third-order valence-electron chi connectivity index (χ3n) is 3.50. The van der Waals surface area contributed by atoms with Crippen LogP contribution in [0, 0.1) is 0 Å². The van der Waals surface area contributed by atoms with Crippen molar-refractivity contribution in [2.24, 2.45) is 5.10 Å². The maximum Gasteiger partial charge on any atom is 0.352 e. The second kappa shape index (κ2) is 7.83. The van der Waals surface area contributed by atoms with E-state index in [4.69, 9.17) is 0 Å². The minimum Gasteiger partial charge on any atom is -0.477 e. The van der Waals surface area contributed by atoms with Crippen molar-refractivity contribution in [2.75, 3.05) is 5.43 Å². The first-order valence-corrected chi connectivity index (χ1v) is 7.71. The van der Waals surface area contributed by atoms with Gasteiger partial charge in [-0.1, -0.05) is 60.7 Å². The summed E-state index contributed by atoms with van der Waals surface area (Å²) in [5, 5.41) is 21.4. The lowest BCUT2D eigenvalue weighted by molar-refractivity contribution is -0.129. The highest BCUT2D eigenvalue weighted by atomic mass is 16.4. The molecule has 0 aliphatic heterocycles. The Balaban J connectivity index is 1.71. The number of hydrogen-bond donors (Lipinski definition) is 2. The van der Waals surface area contributed by atoms with E-state index in [9.17, 15) is 9.90 Å². The number of nitrogens with zero attached hydrogens (tertiary/aromatic N) is 3. The SMILES string of the molecule is O=C(O)C(Cc1ccccc1)=NNc1ccc(-c2ccccc2)nn1. The van der Waals surface area contributed by atoms with Gasteiger partial charge in [0, 0.05) is 12.0 Å². The minimum absolute atomic E-state index is 0.000126. The molecule has 0 bridgehead atoms. The average molecular weight is 332 g/mol. The third kappa shape index (κ3) is 4.48. The summed E-state index contributed by atoms with van der Waals surface area (Å²) in [6.45, 7) is 0. The predicted octanol–water partition coefficient (Wildman–Crippen LogP) is 3.24. The topological polar surface area (TPSA) is 87.5 Å². The fourth-order valence-corrected chi connectivity index (χ4v) is 2.23. The summed E-state index contributed by atoms with van der Waals surface area (Å²) >= 11 is 0. The van der Waals surface area contributed by atoms with E-state index in [0.29, 0.717) is 5.82 Å². The van der Waals surface area contributed by atoms with E-state index < -0.39 is 5.97 Å². The predicted molar refractivity (Wildman–Crippen MR) is 96.3 cm³/mol. The van der Waals surface area contributed by atoms with Gasteiger partial charge in [0.2, 0.25) is 0 Å². The monoisotopic (exact) mass is 332 g/mol. The number of rotatable bonds is 6. The lowest BCUT2D eigenvalue weighted by Gasteiger charge is -2.04. The Labute approximate surface area is 144 Å². The first-order valence-electron chi connectivity index (χ1n) is 7.71. The molecule has 25 heavy (non-hydrogen) atoms. The second-order valence-electron chi connectivity index (χ2n) is 5.31. The van der Waals surface area contributed by atoms with Gasteiger partial charge in [-0.15, -0.1) is 10.2 Å². The summed E-state index contributed by atoms with van der Waals surface area (Å²) in [5.74, 6) is -0.697. The van der Waals surface area contributed by atoms with Crippen LogP contribution in [-0.4, -0.2) is 27.0 Å². The van der Waals surface area contributed by atoms with Crippen LogP contribution in [0.5, 0.6) is 0 Å². The normalized spacial score (nSPS) is 11.1. The maximum absolute atomic E-state index is 11.4. The summed E-state index contributed by atoms with van der Waals surface area (Å²) in [6.07, 6.45) is 0.221. The van der Waals surface area contributed by atoms with Crippen molar-refractivity contribution in [1.29, 1.82) is 0 Å². The number of carboxylic acid groups (broad SMARTS) is 1. The van der Waals surface area contributed by atoms with E-state index in [0.717, 1.165) is 16.8 Å². The van der Waals surface area contributed by atoms with Crippen LogP contribution < -0.4 is 5.43 Å². The van der Waals surface area contributed by atoms with Crippen molar-refractivity contribution in [1.82, 2.24) is 10.2 Å². The molecule has 0 amide bonds. The van der Waals surface area contributed by atoms with Crippen molar-refractivity contribution in [3.63, 3.8) is 0 Å². The number of hydrogen-bond acceptors (Lipinski definition) is 5. The van der Waals surface area contributed by atoms with Gasteiger partial charge >= 0.3 is 5.97 Å². The first-order chi connectivity index (χ1) is 12.2. The molecule has 0 saturated heterocycles. The average Bonchev–Trinajstić information content (AvgIpc) is 2.67. The van der Waals surface area contributed by atoms with Gasteiger partial charge < -0.3 is 5.11 Å². The van der Waals surface area contributed by atoms with Gasteiger partial charge in [0.25, 0.3) is 0 Å². The zero-order valence-electron chi connectivity index (χ0n) is 13.3. The molecular formula is C19H16N4O2. The Hall–Kier alpha value is -3.54. The molecule has 0 radical (unpaired) electrons. The lowest BCUT2D eigenvalue weighted by Crippen LogP contribution is -2.18. The van der Waals surface area contributed by atoms with Crippen molar-refractivity contribution >= 4 is 17.5 Å². The molecule has 2 aromatic carbocycles. The molecule has 3 aromatic rings. The van der Waals surface area contributed by atoms with Crippen LogP contribution in [-0.2, 0) is 11.2 Å². The van der Waals surface area contributed by atoms with Gasteiger partial charge in [-0.3, -0.25) is 5.43 Å². The molecule has 0 atom stereocenters. The summed E-state index contributed by atoms with van der Waals surface area (Å²) in [5.41, 5.74) is 5.22. The van der Waals surface area contributed by atoms with Crippen molar-refractivity contribution in [2.45, 2.75) is 6.42 Å². The summed E-state index contributed by atoms with van der Waals surface area (Å²) < 4.78 is 0. The highest BCUT2D eigenvalue weighted by Crippen LogP contribution is 2.16. The molecule has 2 N–H and O–H groups in total. The largest absolute Gasteiger partial charge is 0.477 e. The third-order valence-corrected chi connectivity index (χ3v) is 3.50. The smallest absolute Gasteiger partial charge is 0.352 e. The van der Waals surface area contributed by atoms with Crippen LogP contribution in [0.4, 0.5) is 5.82 Å². The lowest BCUT2D eigenvalue weighted by atomic mass is 10.1. The minimum atomic E-state index is -1.08. The van der Waals surface area contributed by atoms with Gasteiger partial charge in [0.05, 0.1) is 5.69 Å². The molecule has 3 rings (SSSR count). The van der Waals surface area contributed by atoms with Gasteiger partial charge in [-0.25, -0.2) is 4.79 Å². The number of carbonyl (C=O) groups is 1. The standard InChI is InChI=1S/C19H16N4O2/c24-19(25)17(13-14-7-3-1-4-8-14)21-23-18-12-11-16(20-22-18)15-9-5-2-6-10-15/h1-12H,13H2,(H,22,23)(H,24,25). The number of anilines is 1. The fourth-order valence-electron chi connectivity index (χ4n) is 2.23. The summed E-state index contributed by atoms with van der Waals surface area (Å²) in [7, 11) is 0. The Morgan fingerprint density at radius 3 is 2.20 bits per heavy atom. The van der Waals surface area contributed by atoms with E-state index in [1.165, 1.54) is 0 Å². The van der Waals surface area contributed by atoms with Gasteiger partial charge in [-0.05, 0) is 17.7 Å². The van der Waals surface area contributed by atoms with Crippen molar-refractivity contribution in [3.05, 3.63) is 78.4 Å². The van der Waals surface area contributed by atoms with E-state index in [1.807, 2.05) is 60.7 Å². The van der Waals surface area contributed by atoms with Crippen LogP contribution in [0.1, 0.15) is 5.56 Å². The Morgan fingerprint density at radius 1 is 0.920 bits per heavy atom. The number of aliphatic carboxylic acids is 1.